The lowest BCUT2D eigenvalue weighted by atomic mass is 10.2. The molecule has 3 rings (SSSR count). The Hall–Kier alpha value is -1.58. The summed E-state index contributed by atoms with van der Waals surface area (Å²) in [7, 11) is 1.65. The third-order valence-corrected chi connectivity index (χ3v) is 6.85. The molecule has 2 heterocycles. The fourth-order valence-corrected chi connectivity index (χ4v) is 5.25. The Morgan fingerprint density at radius 3 is 2.36 bits per heavy atom. The SMILES string of the molecule is COc1ccc(CSc2nnc(SCCN3C(=O)CCC3=O)s2)cc1. The third kappa shape index (κ3) is 4.96. The van der Waals surface area contributed by atoms with Gasteiger partial charge < -0.3 is 4.74 Å². The number of likely N-dealkylation sites (tertiary alicyclic amines) is 1. The van der Waals surface area contributed by atoms with E-state index in [1.807, 2.05) is 24.3 Å². The molecule has 1 aromatic heterocycles. The van der Waals surface area contributed by atoms with E-state index in [1.165, 1.54) is 33.6 Å². The van der Waals surface area contributed by atoms with Crippen molar-refractivity contribution in [3.05, 3.63) is 29.8 Å². The number of amides is 2. The molecule has 9 heteroatoms. The molecule has 0 unspecified atom stereocenters. The first-order valence-electron chi connectivity index (χ1n) is 7.71. The Kier molecular flexibility index (Phi) is 6.33. The molecule has 2 aromatic rings. The van der Waals surface area contributed by atoms with Crippen molar-refractivity contribution in [2.24, 2.45) is 0 Å². The quantitative estimate of drug-likeness (QED) is 0.502. The first-order chi connectivity index (χ1) is 12.2. The summed E-state index contributed by atoms with van der Waals surface area (Å²) >= 11 is 4.70. The van der Waals surface area contributed by atoms with Crippen LogP contribution in [-0.2, 0) is 15.3 Å². The molecule has 1 saturated heterocycles. The highest BCUT2D eigenvalue weighted by molar-refractivity contribution is 8.02. The van der Waals surface area contributed by atoms with E-state index in [0.717, 1.165) is 20.2 Å². The fraction of sp³-hybridized carbons (Fsp3) is 0.375. The maximum absolute atomic E-state index is 11.6. The van der Waals surface area contributed by atoms with E-state index in [0.29, 0.717) is 25.1 Å². The number of hydrogen-bond donors (Lipinski definition) is 0. The van der Waals surface area contributed by atoms with Gasteiger partial charge in [0.15, 0.2) is 8.68 Å². The zero-order valence-corrected chi connectivity index (χ0v) is 16.1. The largest absolute Gasteiger partial charge is 0.497 e. The average molecular weight is 396 g/mol. The molecule has 0 atom stereocenters. The molecule has 1 fully saturated rings. The molecule has 0 bridgehead atoms. The summed E-state index contributed by atoms with van der Waals surface area (Å²) in [4.78, 5) is 24.4. The maximum atomic E-state index is 11.6. The summed E-state index contributed by atoms with van der Waals surface area (Å²) in [6.07, 6.45) is 0.683. The Bertz CT molecular complexity index is 733. The normalized spacial score (nSPS) is 14.4. The second-order valence-corrected chi connectivity index (χ2v) is 8.80. The predicted molar refractivity (Wildman–Crippen MR) is 99.1 cm³/mol. The summed E-state index contributed by atoms with van der Waals surface area (Å²) in [6.45, 7) is 0.441. The summed E-state index contributed by atoms with van der Waals surface area (Å²) < 4.78 is 6.91. The van der Waals surface area contributed by atoms with E-state index in [9.17, 15) is 9.59 Å². The van der Waals surface area contributed by atoms with Crippen LogP contribution >= 0.6 is 34.9 Å². The number of carbonyl (C=O) groups excluding carboxylic acids is 2. The first kappa shape index (κ1) is 18.2. The lowest BCUT2D eigenvalue weighted by Crippen LogP contribution is -2.31. The molecule has 0 spiro atoms. The molecule has 6 nitrogen and oxygen atoms in total. The molecule has 25 heavy (non-hydrogen) atoms. The third-order valence-electron chi connectivity index (χ3n) is 3.60. The van der Waals surface area contributed by atoms with Gasteiger partial charge >= 0.3 is 0 Å². The molecule has 0 aliphatic carbocycles. The van der Waals surface area contributed by atoms with Gasteiger partial charge in [-0.15, -0.1) is 10.2 Å². The zero-order valence-electron chi connectivity index (χ0n) is 13.6. The lowest BCUT2D eigenvalue weighted by molar-refractivity contribution is -0.137. The molecule has 0 saturated carbocycles. The minimum atomic E-state index is -0.0707. The van der Waals surface area contributed by atoms with E-state index in [-0.39, 0.29) is 11.8 Å². The smallest absolute Gasteiger partial charge is 0.229 e. The van der Waals surface area contributed by atoms with Crippen LogP contribution in [0.15, 0.2) is 32.9 Å². The zero-order chi connectivity index (χ0) is 17.6. The summed E-state index contributed by atoms with van der Waals surface area (Å²) in [5.41, 5.74) is 1.20. The van der Waals surface area contributed by atoms with Crippen molar-refractivity contribution >= 4 is 46.7 Å². The van der Waals surface area contributed by atoms with Crippen molar-refractivity contribution in [2.45, 2.75) is 27.3 Å². The van der Waals surface area contributed by atoms with Crippen molar-refractivity contribution in [3.63, 3.8) is 0 Å². The van der Waals surface area contributed by atoms with Gasteiger partial charge in [-0.3, -0.25) is 14.5 Å². The number of methoxy groups -OCH3 is 1. The topological polar surface area (TPSA) is 72.4 Å². The van der Waals surface area contributed by atoms with Crippen LogP contribution in [0, 0.1) is 0 Å². The standard InChI is InChI=1S/C16H17N3O3S3/c1-22-12-4-2-11(3-5-12)10-24-16-18-17-15(25-16)23-9-8-19-13(20)6-7-14(19)21/h2-5H,6-10H2,1H3. The molecule has 132 valence electrons. The van der Waals surface area contributed by atoms with Crippen LogP contribution in [0.5, 0.6) is 5.75 Å². The number of hydrogen-bond acceptors (Lipinski definition) is 8. The van der Waals surface area contributed by atoms with Crippen LogP contribution in [0.3, 0.4) is 0 Å². The number of ether oxygens (including phenoxy) is 1. The molecular formula is C16H17N3O3S3. The van der Waals surface area contributed by atoms with E-state index in [1.54, 1.807) is 18.9 Å². The highest BCUT2D eigenvalue weighted by Crippen LogP contribution is 2.31. The number of rotatable bonds is 8. The Balaban J connectivity index is 1.44. The van der Waals surface area contributed by atoms with Crippen molar-refractivity contribution in [1.29, 1.82) is 0 Å². The van der Waals surface area contributed by atoms with Gasteiger partial charge in [0.05, 0.1) is 7.11 Å². The minimum absolute atomic E-state index is 0.0707. The summed E-state index contributed by atoms with van der Waals surface area (Å²) in [5.74, 6) is 2.17. The van der Waals surface area contributed by atoms with Crippen LogP contribution in [0.1, 0.15) is 18.4 Å². The number of nitrogens with zero attached hydrogens (tertiary/aromatic N) is 3. The first-order valence-corrected chi connectivity index (χ1v) is 10.5. The Morgan fingerprint density at radius 1 is 1.08 bits per heavy atom. The Labute approximate surface area is 158 Å². The van der Waals surface area contributed by atoms with Gasteiger partial charge in [-0.1, -0.05) is 47.0 Å². The van der Waals surface area contributed by atoms with Crippen LogP contribution < -0.4 is 4.74 Å². The lowest BCUT2D eigenvalue weighted by Gasteiger charge is -2.11. The second-order valence-electron chi connectivity index (χ2n) is 5.26. The van der Waals surface area contributed by atoms with E-state index in [2.05, 4.69) is 10.2 Å². The minimum Gasteiger partial charge on any atom is -0.497 e. The van der Waals surface area contributed by atoms with Crippen molar-refractivity contribution in [3.8, 4) is 5.75 Å². The molecule has 1 aliphatic rings. The van der Waals surface area contributed by atoms with Crippen LogP contribution in [0.2, 0.25) is 0 Å². The molecule has 1 aromatic carbocycles. The van der Waals surface area contributed by atoms with E-state index in [4.69, 9.17) is 4.74 Å². The number of carbonyl (C=O) groups is 2. The van der Waals surface area contributed by atoms with Crippen LogP contribution in [0.4, 0.5) is 0 Å². The van der Waals surface area contributed by atoms with Gasteiger partial charge in [-0.2, -0.15) is 0 Å². The second kappa shape index (κ2) is 8.68. The predicted octanol–water partition coefficient (Wildman–Crippen LogP) is 3.08. The highest BCUT2D eigenvalue weighted by atomic mass is 32.2. The van der Waals surface area contributed by atoms with Gasteiger partial charge in [0, 0.05) is 30.9 Å². The van der Waals surface area contributed by atoms with Gasteiger partial charge in [-0.25, -0.2) is 0 Å². The molecule has 2 amide bonds. The molecule has 1 aliphatic heterocycles. The fourth-order valence-electron chi connectivity index (χ4n) is 2.28. The molecule has 0 N–H and O–H groups in total. The average Bonchev–Trinajstić information content (AvgIpc) is 3.21. The van der Waals surface area contributed by atoms with Gasteiger partial charge in [0.25, 0.3) is 0 Å². The maximum Gasteiger partial charge on any atom is 0.229 e. The summed E-state index contributed by atoms with van der Waals surface area (Å²) in [6, 6.07) is 7.95. The van der Waals surface area contributed by atoms with Crippen LogP contribution in [-0.4, -0.2) is 46.3 Å². The number of benzene rings is 1. The molecule has 0 radical (unpaired) electrons. The number of aromatic nitrogens is 2. The van der Waals surface area contributed by atoms with Gasteiger partial charge in [-0.05, 0) is 17.7 Å². The van der Waals surface area contributed by atoms with E-state index < -0.39 is 0 Å². The van der Waals surface area contributed by atoms with Crippen molar-refractivity contribution in [2.75, 3.05) is 19.4 Å². The van der Waals surface area contributed by atoms with Crippen LogP contribution in [0.25, 0.3) is 0 Å². The van der Waals surface area contributed by atoms with E-state index >= 15 is 0 Å². The highest BCUT2D eigenvalue weighted by Gasteiger charge is 2.28. The van der Waals surface area contributed by atoms with Gasteiger partial charge in [0.1, 0.15) is 5.75 Å². The van der Waals surface area contributed by atoms with Gasteiger partial charge in [0.2, 0.25) is 11.8 Å². The monoisotopic (exact) mass is 395 g/mol. The Morgan fingerprint density at radius 2 is 1.72 bits per heavy atom. The van der Waals surface area contributed by atoms with Crippen molar-refractivity contribution in [1.82, 2.24) is 15.1 Å². The molecular weight excluding hydrogens is 378 g/mol. The van der Waals surface area contributed by atoms with Crippen molar-refractivity contribution < 1.29 is 14.3 Å². The number of thioether (sulfide) groups is 2. The number of imide groups is 1. The summed E-state index contributed by atoms with van der Waals surface area (Å²) in [5, 5.41) is 8.34.